The molecule has 0 aliphatic carbocycles. The molecule has 0 spiro atoms. The van der Waals surface area contributed by atoms with E-state index in [0.29, 0.717) is 11.0 Å². The molecular formula is C15H10BrFN2OS. The van der Waals surface area contributed by atoms with Crippen molar-refractivity contribution in [2.75, 3.05) is 0 Å². The Balaban J connectivity index is 1.74. The zero-order valence-corrected chi connectivity index (χ0v) is 13.2. The van der Waals surface area contributed by atoms with Crippen LogP contribution in [-0.2, 0) is 6.54 Å². The second-order valence-corrected chi connectivity index (χ2v) is 6.35. The molecule has 0 bridgehead atoms. The number of hydrogen-bond donors (Lipinski definition) is 1. The Kier molecular flexibility index (Phi) is 3.98. The van der Waals surface area contributed by atoms with Gasteiger partial charge in [-0.25, -0.2) is 9.37 Å². The maximum atomic E-state index is 13.2. The summed E-state index contributed by atoms with van der Waals surface area (Å²) in [6.07, 6.45) is 0. The number of carbonyl (C=O) groups excluding carboxylic acids is 1. The first-order valence-corrected chi connectivity index (χ1v) is 7.82. The maximum Gasteiger partial charge on any atom is 0.252 e. The van der Waals surface area contributed by atoms with E-state index in [0.717, 1.165) is 15.2 Å². The summed E-state index contributed by atoms with van der Waals surface area (Å²) in [6.45, 7) is 0.321. The van der Waals surface area contributed by atoms with Crippen molar-refractivity contribution < 1.29 is 9.18 Å². The highest BCUT2D eigenvalue weighted by molar-refractivity contribution is 9.10. The molecule has 0 saturated heterocycles. The van der Waals surface area contributed by atoms with E-state index in [2.05, 4.69) is 26.2 Å². The van der Waals surface area contributed by atoms with Crippen LogP contribution in [0.1, 0.15) is 15.4 Å². The van der Waals surface area contributed by atoms with Crippen LogP contribution in [0.25, 0.3) is 10.2 Å². The summed E-state index contributed by atoms with van der Waals surface area (Å²) in [7, 11) is 0. The molecule has 1 aromatic heterocycles. The normalized spacial score (nSPS) is 10.8. The summed E-state index contributed by atoms with van der Waals surface area (Å²) in [5.74, 6) is -0.774. The minimum Gasteiger partial charge on any atom is -0.345 e. The van der Waals surface area contributed by atoms with E-state index in [-0.39, 0.29) is 11.5 Å². The fourth-order valence-electron chi connectivity index (χ4n) is 1.92. The third kappa shape index (κ3) is 3.11. The lowest BCUT2D eigenvalue weighted by Gasteiger charge is -2.05. The number of rotatable bonds is 3. The molecule has 6 heteroatoms. The highest BCUT2D eigenvalue weighted by atomic mass is 79.9. The monoisotopic (exact) mass is 364 g/mol. The lowest BCUT2D eigenvalue weighted by Crippen LogP contribution is -2.23. The Morgan fingerprint density at radius 1 is 1.29 bits per heavy atom. The van der Waals surface area contributed by atoms with Gasteiger partial charge in [0.1, 0.15) is 10.8 Å². The van der Waals surface area contributed by atoms with Crippen molar-refractivity contribution in [3.63, 3.8) is 0 Å². The first-order chi connectivity index (χ1) is 10.1. The van der Waals surface area contributed by atoms with Crippen molar-refractivity contribution in [1.29, 1.82) is 0 Å². The van der Waals surface area contributed by atoms with E-state index in [4.69, 9.17) is 0 Å². The second kappa shape index (κ2) is 5.91. The summed E-state index contributed by atoms with van der Waals surface area (Å²) in [5, 5.41) is 3.57. The van der Waals surface area contributed by atoms with Crippen molar-refractivity contribution in [2.45, 2.75) is 6.54 Å². The number of benzene rings is 2. The molecule has 1 N–H and O–H groups in total. The molecular weight excluding hydrogens is 355 g/mol. The molecule has 0 atom stereocenters. The van der Waals surface area contributed by atoms with Gasteiger partial charge in [-0.05, 0) is 46.3 Å². The number of hydrogen-bond acceptors (Lipinski definition) is 3. The molecule has 3 nitrogen and oxygen atoms in total. The van der Waals surface area contributed by atoms with Crippen LogP contribution in [0.3, 0.4) is 0 Å². The number of nitrogens with zero attached hydrogens (tertiary/aromatic N) is 1. The van der Waals surface area contributed by atoms with Gasteiger partial charge in [-0.15, -0.1) is 11.3 Å². The third-order valence-corrected chi connectivity index (χ3v) is 4.64. The summed E-state index contributed by atoms with van der Waals surface area (Å²) in [5.41, 5.74) is 1.19. The molecule has 3 rings (SSSR count). The predicted octanol–water partition coefficient (Wildman–Crippen LogP) is 4.13. The van der Waals surface area contributed by atoms with Crippen molar-refractivity contribution in [1.82, 2.24) is 10.3 Å². The van der Waals surface area contributed by atoms with Gasteiger partial charge in [0.2, 0.25) is 0 Å². The van der Waals surface area contributed by atoms with Crippen LogP contribution in [0.5, 0.6) is 0 Å². The lowest BCUT2D eigenvalue weighted by molar-refractivity contribution is 0.0949. The molecule has 0 unspecified atom stereocenters. The van der Waals surface area contributed by atoms with E-state index in [1.165, 1.54) is 29.5 Å². The number of para-hydroxylation sites is 1. The molecule has 1 heterocycles. The van der Waals surface area contributed by atoms with Crippen LogP contribution < -0.4 is 5.32 Å². The minimum atomic E-state index is -0.441. The van der Waals surface area contributed by atoms with E-state index in [1.54, 1.807) is 0 Å². The number of aromatic nitrogens is 1. The standard InChI is InChI=1S/C15H10BrFN2OS/c16-11-6-5-9(17)7-10(11)15(20)18-8-14-19-12-3-1-2-4-13(12)21-14/h1-7H,8H2,(H,18,20). The van der Waals surface area contributed by atoms with Crippen molar-refractivity contribution in [2.24, 2.45) is 0 Å². The smallest absolute Gasteiger partial charge is 0.252 e. The van der Waals surface area contributed by atoms with Crippen LogP contribution in [0, 0.1) is 5.82 Å². The molecule has 0 aliphatic rings. The van der Waals surface area contributed by atoms with Crippen LogP contribution in [0.4, 0.5) is 4.39 Å². The molecule has 0 saturated carbocycles. The lowest BCUT2D eigenvalue weighted by atomic mass is 10.2. The van der Waals surface area contributed by atoms with Gasteiger partial charge < -0.3 is 5.32 Å². The van der Waals surface area contributed by atoms with E-state index < -0.39 is 5.82 Å². The molecule has 0 fully saturated rings. The van der Waals surface area contributed by atoms with Gasteiger partial charge in [0.15, 0.2) is 0 Å². The van der Waals surface area contributed by atoms with Gasteiger partial charge in [-0.2, -0.15) is 0 Å². The van der Waals surface area contributed by atoms with Crippen LogP contribution >= 0.6 is 27.3 Å². The molecule has 0 aliphatic heterocycles. The average molecular weight is 365 g/mol. The summed E-state index contributed by atoms with van der Waals surface area (Å²) in [4.78, 5) is 16.5. The Bertz CT molecular complexity index is 785. The highest BCUT2D eigenvalue weighted by Crippen LogP contribution is 2.22. The summed E-state index contributed by atoms with van der Waals surface area (Å²) >= 11 is 4.78. The maximum absolute atomic E-state index is 13.2. The average Bonchev–Trinajstić information content (AvgIpc) is 2.90. The first kappa shape index (κ1) is 14.2. The predicted molar refractivity (Wildman–Crippen MR) is 84.9 cm³/mol. The van der Waals surface area contributed by atoms with Gasteiger partial charge in [0, 0.05) is 4.47 Å². The fourth-order valence-corrected chi connectivity index (χ4v) is 3.25. The van der Waals surface area contributed by atoms with Gasteiger partial charge in [-0.3, -0.25) is 4.79 Å². The SMILES string of the molecule is O=C(NCc1nc2ccccc2s1)c1cc(F)ccc1Br. The molecule has 106 valence electrons. The summed E-state index contributed by atoms with van der Waals surface area (Å²) in [6, 6.07) is 11.8. The largest absolute Gasteiger partial charge is 0.345 e. The Labute approximate surface area is 133 Å². The number of fused-ring (bicyclic) bond motifs is 1. The number of carbonyl (C=O) groups is 1. The third-order valence-electron chi connectivity index (χ3n) is 2.91. The van der Waals surface area contributed by atoms with Gasteiger partial charge in [-0.1, -0.05) is 12.1 Å². The molecule has 21 heavy (non-hydrogen) atoms. The van der Waals surface area contributed by atoms with Crippen molar-refractivity contribution in [3.05, 3.63) is 63.3 Å². The quantitative estimate of drug-likeness (QED) is 0.759. The molecule has 0 radical (unpaired) electrons. The number of amides is 1. The van der Waals surface area contributed by atoms with E-state index in [9.17, 15) is 9.18 Å². The Morgan fingerprint density at radius 3 is 2.90 bits per heavy atom. The Morgan fingerprint density at radius 2 is 2.10 bits per heavy atom. The second-order valence-electron chi connectivity index (χ2n) is 4.38. The first-order valence-electron chi connectivity index (χ1n) is 6.21. The topological polar surface area (TPSA) is 42.0 Å². The van der Waals surface area contributed by atoms with Gasteiger partial charge in [0.05, 0.1) is 22.3 Å². The van der Waals surface area contributed by atoms with Crippen LogP contribution in [0.2, 0.25) is 0 Å². The van der Waals surface area contributed by atoms with Crippen molar-refractivity contribution in [3.8, 4) is 0 Å². The molecule has 1 amide bonds. The van der Waals surface area contributed by atoms with Gasteiger partial charge >= 0.3 is 0 Å². The fraction of sp³-hybridized carbons (Fsp3) is 0.0667. The number of nitrogens with one attached hydrogen (secondary N) is 1. The van der Waals surface area contributed by atoms with E-state index >= 15 is 0 Å². The number of thiazole rings is 1. The van der Waals surface area contributed by atoms with E-state index in [1.807, 2.05) is 24.3 Å². The molecule has 2 aromatic carbocycles. The summed E-state index contributed by atoms with van der Waals surface area (Å²) < 4.78 is 14.8. The minimum absolute atomic E-state index is 0.274. The van der Waals surface area contributed by atoms with Crippen LogP contribution in [0.15, 0.2) is 46.9 Å². The highest BCUT2D eigenvalue weighted by Gasteiger charge is 2.12. The molecule has 3 aromatic rings. The van der Waals surface area contributed by atoms with Crippen LogP contribution in [-0.4, -0.2) is 10.9 Å². The zero-order chi connectivity index (χ0) is 14.8. The number of halogens is 2. The Hall–Kier alpha value is -1.79. The van der Waals surface area contributed by atoms with Gasteiger partial charge in [0.25, 0.3) is 5.91 Å². The van der Waals surface area contributed by atoms with Crippen molar-refractivity contribution >= 4 is 43.4 Å². The zero-order valence-electron chi connectivity index (χ0n) is 10.8.